The van der Waals surface area contributed by atoms with Gasteiger partial charge in [-0.25, -0.2) is 0 Å². The molecule has 1 fully saturated rings. The summed E-state index contributed by atoms with van der Waals surface area (Å²) in [6.07, 6.45) is 2.88. The van der Waals surface area contributed by atoms with Gasteiger partial charge < -0.3 is 11.1 Å². The summed E-state index contributed by atoms with van der Waals surface area (Å²) in [5.41, 5.74) is 7.83. The highest BCUT2D eigenvalue weighted by Crippen LogP contribution is 2.20. The minimum atomic E-state index is 0.00609. The molecule has 1 amide bonds. The number of rotatable bonds is 2. The molecule has 1 aliphatic rings. The highest BCUT2D eigenvalue weighted by atomic mass is 16.1. The summed E-state index contributed by atoms with van der Waals surface area (Å²) in [6, 6.07) is 12.6. The van der Waals surface area contributed by atoms with E-state index in [9.17, 15) is 4.79 Å². The van der Waals surface area contributed by atoms with E-state index in [4.69, 9.17) is 5.73 Å². The summed E-state index contributed by atoms with van der Waals surface area (Å²) >= 11 is 0. The standard InChI is InChI=1S/C17H20N2O/c1-11-2-3-13-9-14(5-4-12(13)8-11)17(20)19-16-7-6-15(18)10-16/h2-5,8-9,15-16H,6-7,10,18H2,1H3,(H,19,20). The molecule has 0 aromatic heterocycles. The maximum Gasteiger partial charge on any atom is 0.251 e. The normalized spacial score (nSPS) is 22.1. The third-order valence-corrected chi connectivity index (χ3v) is 4.07. The smallest absolute Gasteiger partial charge is 0.251 e. The molecule has 3 rings (SSSR count). The van der Waals surface area contributed by atoms with Crippen molar-refractivity contribution >= 4 is 16.7 Å². The van der Waals surface area contributed by atoms with Crippen LogP contribution < -0.4 is 11.1 Å². The Balaban J connectivity index is 1.79. The second kappa shape index (κ2) is 5.25. The van der Waals surface area contributed by atoms with Gasteiger partial charge in [-0.15, -0.1) is 0 Å². The summed E-state index contributed by atoms with van der Waals surface area (Å²) < 4.78 is 0. The molecule has 3 N–H and O–H groups in total. The van der Waals surface area contributed by atoms with Crippen LogP contribution in [0.4, 0.5) is 0 Å². The van der Waals surface area contributed by atoms with Gasteiger partial charge in [-0.2, -0.15) is 0 Å². The summed E-state index contributed by atoms with van der Waals surface area (Å²) in [4.78, 5) is 12.3. The van der Waals surface area contributed by atoms with Gasteiger partial charge in [0.25, 0.3) is 5.91 Å². The SMILES string of the molecule is Cc1ccc2cc(C(=O)NC3CCC(N)C3)ccc2c1. The van der Waals surface area contributed by atoms with Gasteiger partial charge in [0.1, 0.15) is 0 Å². The van der Waals surface area contributed by atoms with Crippen molar-refractivity contribution in [1.82, 2.24) is 5.32 Å². The van der Waals surface area contributed by atoms with Gasteiger partial charge in [0.05, 0.1) is 0 Å². The van der Waals surface area contributed by atoms with Gasteiger partial charge >= 0.3 is 0 Å². The zero-order valence-electron chi connectivity index (χ0n) is 11.7. The Morgan fingerprint density at radius 3 is 2.65 bits per heavy atom. The molecule has 2 atom stereocenters. The molecule has 0 saturated heterocycles. The maximum atomic E-state index is 12.3. The van der Waals surface area contributed by atoms with Crippen molar-refractivity contribution in [2.24, 2.45) is 5.73 Å². The summed E-state index contributed by atoms with van der Waals surface area (Å²) in [6.45, 7) is 2.07. The fraction of sp³-hybridized carbons (Fsp3) is 0.353. The lowest BCUT2D eigenvalue weighted by Crippen LogP contribution is -2.34. The van der Waals surface area contributed by atoms with Crippen molar-refractivity contribution in [2.45, 2.75) is 38.3 Å². The molecular formula is C17H20N2O. The monoisotopic (exact) mass is 268 g/mol. The fourth-order valence-corrected chi connectivity index (χ4v) is 2.92. The van der Waals surface area contributed by atoms with E-state index in [1.807, 2.05) is 18.2 Å². The molecule has 1 saturated carbocycles. The van der Waals surface area contributed by atoms with E-state index < -0.39 is 0 Å². The topological polar surface area (TPSA) is 55.1 Å². The van der Waals surface area contributed by atoms with Gasteiger partial charge in [-0.1, -0.05) is 29.8 Å². The summed E-state index contributed by atoms with van der Waals surface area (Å²) in [5.74, 6) is 0.00609. The Morgan fingerprint density at radius 1 is 1.15 bits per heavy atom. The molecule has 0 aliphatic heterocycles. The molecule has 20 heavy (non-hydrogen) atoms. The number of hydrogen-bond donors (Lipinski definition) is 2. The molecule has 0 spiro atoms. The number of amides is 1. The number of hydrogen-bond acceptors (Lipinski definition) is 2. The highest BCUT2D eigenvalue weighted by molar-refractivity contribution is 5.98. The van der Waals surface area contributed by atoms with Gasteiger partial charge in [-0.05, 0) is 49.1 Å². The van der Waals surface area contributed by atoms with E-state index in [-0.39, 0.29) is 18.0 Å². The van der Waals surface area contributed by atoms with E-state index in [0.29, 0.717) is 0 Å². The fourth-order valence-electron chi connectivity index (χ4n) is 2.92. The van der Waals surface area contributed by atoms with Crippen LogP contribution in [0.2, 0.25) is 0 Å². The molecule has 104 valence electrons. The second-order valence-electron chi connectivity index (χ2n) is 5.81. The van der Waals surface area contributed by atoms with Crippen LogP contribution >= 0.6 is 0 Å². The van der Waals surface area contributed by atoms with Gasteiger partial charge in [0, 0.05) is 17.6 Å². The minimum absolute atomic E-state index is 0.00609. The first-order valence-electron chi connectivity index (χ1n) is 7.19. The molecule has 3 heteroatoms. The average molecular weight is 268 g/mol. The molecule has 2 aromatic rings. The molecular weight excluding hydrogens is 248 g/mol. The number of carbonyl (C=O) groups excluding carboxylic acids is 1. The van der Waals surface area contributed by atoms with E-state index in [1.165, 1.54) is 10.9 Å². The highest BCUT2D eigenvalue weighted by Gasteiger charge is 2.23. The van der Waals surface area contributed by atoms with Crippen LogP contribution in [0.3, 0.4) is 0 Å². The zero-order chi connectivity index (χ0) is 14.1. The van der Waals surface area contributed by atoms with E-state index in [1.54, 1.807) is 0 Å². The number of aryl methyl sites for hydroxylation is 1. The van der Waals surface area contributed by atoms with Gasteiger partial charge in [0.2, 0.25) is 0 Å². The van der Waals surface area contributed by atoms with E-state index >= 15 is 0 Å². The first kappa shape index (κ1) is 13.1. The Kier molecular flexibility index (Phi) is 3.45. The largest absolute Gasteiger partial charge is 0.349 e. The maximum absolute atomic E-state index is 12.3. The van der Waals surface area contributed by atoms with Crippen LogP contribution in [0.15, 0.2) is 36.4 Å². The number of nitrogens with one attached hydrogen (secondary N) is 1. The number of fused-ring (bicyclic) bond motifs is 1. The average Bonchev–Trinajstić information content (AvgIpc) is 2.83. The predicted octanol–water partition coefficient (Wildman–Crippen LogP) is 2.76. The number of carbonyl (C=O) groups is 1. The van der Waals surface area contributed by atoms with Gasteiger partial charge in [-0.3, -0.25) is 4.79 Å². The first-order chi connectivity index (χ1) is 9.61. The lowest BCUT2D eigenvalue weighted by Gasteiger charge is -2.12. The van der Waals surface area contributed by atoms with E-state index in [2.05, 4.69) is 30.4 Å². The number of nitrogens with two attached hydrogens (primary N) is 1. The van der Waals surface area contributed by atoms with Crippen LogP contribution in [0, 0.1) is 6.92 Å². The summed E-state index contributed by atoms with van der Waals surface area (Å²) in [7, 11) is 0. The van der Waals surface area contributed by atoms with Crippen LogP contribution in [-0.4, -0.2) is 18.0 Å². The van der Waals surface area contributed by atoms with Crippen molar-refractivity contribution in [3.8, 4) is 0 Å². The van der Waals surface area contributed by atoms with Crippen LogP contribution in [-0.2, 0) is 0 Å². The quantitative estimate of drug-likeness (QED) is 0.880. The van der Waals surface area contributed by atoms with Crippen LogP contribution in [0.1, 0.15) is 35.2 Å². The molecule has 0 bridgehead atoms. The summed E-state index contributed by atoms with van der Waals surface area (Å²) in [5, 5.41) is 5.36. The predicted molar refractivity (Wildman–Crippen MR) is 81.8 cm³/mol. The molecule has 1 aliphatic carbocycles. The van der Waals surface area contributed by atoms with E-state index in [0.717, 1.165) is 30.2 Å². The van der Waals surface area contributed by atoms with Crippen molar-refractivity contribution < 1.29 is 4.79 Å². The Labute approximate surface area is 119 Å². The second-order valence-corrected chi connectivity index (χ2v) is 5.81. The third kappa shape index (κ3) is 2.68. The molecule has 0 heterocycles. The molecule has 3 nitrogen and oxygen atoms in total. The van der Waals surface area contributed by atoms with Crippen LogP contribution in [0.5, 0.6) is 0 Å². The lowest BCUT2D eigenvalue weighted by molar-refractivity contribution is 0.0938. The minimum Gasteiger partial charge on any atom is -0.349 e. The van der Waals surface area contributed by atoms with Crippen molar-refractivity contribution in [3.63, 3.8) is 0 Å². The van der Waals surface area contributed by atoms with Gasteiger partial charge in [0.15, 0.2) is 0 Å². The molecule has 2 unspecified atom stereocenters. The first-order valence-corrected chi connectivity index (χ1v) is 7.19. The zero-order valence-corrected chi connectivity index (χ0v) is 11.7. The lowest BCUT2D eigenvalue weighted by atomic mass is 10.0. The Hall–Kier alpha value is -1.87. The van der Waals surface area contributed by atoms with Crippen molar-refractivity contribution in [1.29, 1.82) is 0 Å². The van der Waals surface area contributed by atoms with Crippen molar-refractivity contribution in [3.05, 3.63) is 47.5 Å². The van der Waals surface area contributed by atoms with Crippen LogP contribution in [0.25, 0.3) is 10.8 Å². The third-order valence-electron chi connectivity index (χ3n) is 4.07. The van der Waals surface area contributed by atoms with Crippen molar-refractivity contribution in [2.75, 3.05) is 0 Å². The number of benzene rings is 2. The molecule has 0 radical (unpaired) electrons. The Bertz CT molecular complexity index is 650. The molecule has 2 aromatic carbocycles. The Morgan fingerprint density at radius 2 is 1.90 bits per heavy atom.